The fraction of sp³-hybridized carbons (Fsp3) is 0.800. The molecule has 0 saturated heterocycles. The van der Waals surface area contributed by atoms with Crippen LogP contribution in [0.15, 0.2) is 6.20 Å². The molecule has 7 nitrogen and oxygen atoms in total. The van der Waals surface area contributed by atoms with Gasteiger partial charge in [-0.1, -0.05) is 32.9 Å². The molecule has 0 aliphatic rings. The summed E-state index contributed by atoms with van der Waals surface area (Å²) in [6, 6.07) is 0. The Hall–Kier alpha value is -1.31. The molecule has 1 aromatic rings. The Morgan fingerprint density at radius 2 is 1.82 bits per heavy atom. The summed E-state index contributed by atoms with van der Waals surface area (Å²) in [5, 5.41) is 8.09. The van der Waals surface area contributed by atoms with Crippen LogP contribution in [0.4, 0.5) is 0 Å². The molecule has 0 bridgehead atoms. The van der Waals surface area contributed by atoms with E-state index in [1.54, 1.807) is 4.68 Å². The third kappa shape index (κ3) is 7.63. The molecular weight excluding hydrogens is 286 g/mol. The summed E-state index contributed by atoms with van der Waals surface area (Å²) < 4.78 is 17.6. The van der Waals surface area contributed by atoms with Crippen molar-refractivity contribution in [2.24, 2.45) is 5.92 Å². The Morgan fingerprint density at radius 1 is 1.14 bits per heavy atom. The van der Waals surface area contributed by atoms with Gasteiger partial charge in [-0.05, 0) is 5.92 Å². The zero-order valence-corrected chi connectivity index (χ0v) is 13.9. The molecule has 1 rings (SSSR count). The van der Waals surface area contributed by atoms with Crippen molar-refractivity contribution in [3.05, 3.63) is 11.9 Å². The predicted octanol–water partition coefficient (Wildman–Crippen LogP) is 1.63. The van der Waals surface area contributed by atoms with Crippen molar-refractivity contribution in [2.75, 3.05) is 33.2 Å². The molecule has 0 aliphatic heterocycles. The van der Waals surface area contributed by atoms with Gasteiger partial charge in [0, 0.05) is 12.1 Å². The Kier molecular flexibility index (Phi) is 8.88. The highest BCUT2D eigenvalue weighted by atomic mass is 16.7. The lowest BCUT2D eigenvalue weighted by Crippen LogP contribution is -2.17. The maximum atomic E-state index is 11.3. The van der Waals surface area contributed by atoms with E-state index in [-0.39, 0.29) is 25.1 Å². The second kappa shape index (κ2) is 10.4. The van der Waals surface area contributed by atoms with Crippen LogP contribution >= 0.6 is 0 Å². The van der Waals surface area contributed by atoms with Crippen LogP contribution in [0.2, 0.25) is 0 Å². The Bertz CT molecular complexity index is 432. The molecule has 0 saturated carbocycles. The van der Waals surface area contributed by atoms with Gasteiger partial charge in [0.25, 0.3) is 0 Å². The highest BCUT2D eigenvalue weighted by molar-refractivity contribution is 5.81. The van der Waals surface area contributed by atoms with Crippen molar-refractivity contribution in [3.63, 3.8) is 0 Å². The summed E-state index contributed by atoms with van der Waals surface area (Å²) in [4.78, 5) is 11.3. The number of ether oxygens (including phenoxy) is 3. The molecule has 22 heavy (non-hydrogen) atoms. The van der Waals surface area contributed by atoms with E-state index in [2.05, 4.69) is 24.2 Å². The van der Waals surface area contributed by atoms with E-state index < -0.39 is 0 Å². The molecule has 0 atom stereocenters. The summed E-state index contributed by atoms with van der Waals surface area (Å²) in [6.45, 7) is 10.2. The number of hydrogen-bond donors (Lipinski definition) is 0. The monoisotopic (exact) mass is 313 g/mol. The van der Waals surface area contributed by atoms with Gasteiger partial charge < -0.3 is 14.2 Å². The van der Waals surface area contributed by atoms with Crippen LogP contribution in [0.25, 0.3) is 0 Å². The topological polar surface area (TPSA) is 75.5 Å². The van der Waals surface area contributed by atoms with E-state index in [4.69, 9.17) is 14.2 Å². The van der Waals surface area contributed by atoms with Gasteiger partial charge in [0.2, 0.25) is 0 Å². The summed E-state index contributed by atoms with van der Waals surface area (Å²) in [7, 11) is 0. The molecule has 7 heteroatoms. The fourth-order valence-electron chi connectivity index (χ4n) is 1.48. The highest BCUT2D eigenvalue weighted by Crippen LogP contribution is 2.08. The zero-order chi connectivity index (χ0) is 16.4. The first-order valence-electron chi connectivity index (χ1n) is 7.66. The third-order valence-corrected chi connectivity index (χ3v) is 3.04. The summed E-state index contributed by atoms with van der Waals surface area (Å²) in [5.74, 6) is 0.489. The van der Waals surface area contributed by atoms with Gasteiger partial charge in [0.05, 0.1) is 32.1 Å². The molecule has 0 amide bonds. The van der Waals surface area contributed by atoms with E-state index in [1.807, 2.05) is 20.0 Å². The number of nitrogens with zero attached hydrogens (tertiary/aromatic N) is 3. The minimum atomic E-state index is 0.0113. The lowest BCUT2D eigenvalue weighted by molar-refractivity contribution is -0.128. The van der Waals surface area contributed by atoms with E-state index in [0.717, 1.165) is 5.69 Å². The number of hydrogen-bond acceptors (Lipinski definition) is 6. The van der Waals surface area contributed by atoms with Crippen molar-refractivity contribution < 1.29 is 19.0 Å². The van der Waals surface area contributed by atoms with Gasteiger partial charge >= 0.3 is 0 Å². The molecule has 0 N–H and O–H groups in total. The van der Waals surface area contributed by atoms with Crippen LogP contribution in [0, 0.1) is 5.92 Å². The van der Waals surface area contributed by atoms with Crippen molar-refractivity contribution in [1.29, 1.82) is 0 Å². The second-order valence-corrected chi connectivity index (χ2v) is 5.67. The van der Waals surface area contributed by atoms with Crippen molar-refractivity contribution in [2.45, 2.75) is 40.2 Å². The quantitative estimate of drug-likeness (QED) is 0.431. The Morgan fingerprint density at radius 3 is 2.45 bits per heavy atom. The van der Waals surface area contributed by atoms with Gasteiger partial charge in [-0.25, -0.2) is 4.68 Å². The molecule has 1 aromatic heterocycles. The molecule has 0 radical (unpaired) electrons. The molecule has 0 unspecified atom stereocenters. The van der Waals surface area contributed by atoms with E-state index in [1.165, 1.54) is 0 Å². The number of aromatic nitrogens is 3. The zero-order valence-electron chi connectivity index (χ0n) is 13.9. The smallest absolute Gasteiger partial charge is 0.160 e. The number of carbonyl (C=O) groups is 1. The van der Waals surface area contributed by atoms with E-state index in [9.17, 15) is 4.79 Å². The van der Waals surface area contributed by atoms with Crippen molar-refractivity contribution in [1.82, 2.24) is 15.0 Å². The predicted molar refractivity (Wildman–Crippen MR) is 81.5 cm³/mol. The standard InChI is InChI=1S/C15H27N3O4/c1-12(2)14-9-18(17-16-14)5-6-21-11-22-8-7-20-10-15(19)13(3)4/h9,12-13H,5-8,10-11H2,1-4H3. The SMILES string of the molecule is CC(C)C(=O)COCCOCOCCn1cc(C(C)C)nn1. The number of Topliss-reactive ketones (excluding diaryl/α,β-unsaturated/α-hetero) is 1. The van der Waals surface area contributed by atoms with Crippen LogP contribution in [0.5, 0.6) is 0 Å². The van der Waals surface area contributed by atoms with Crippen LogP contribution in [0.1, 0.15) is 39.3 Å². The third-order valence-electron chi connectivity index (χ3n) is 3.04. The first-order chi connectivity index (χ1) is 10.5. The molecule has 0 fully saturated rings. The minimum absolute atomic E-state index is 0.0113. The number of rotatable bonds is 12. The number of ketones is 1. The fourth-order valence-corrected chi connectivity index (χ4v) is 1.48. The van der Waals surface area contributed by atoms with Gasteiger partial charge in [-0.2, -0.15) is 0 Å². The lowest BCUT2D eigenvalue weighted by atomic mass is 10.1. The van der Waals surface area contributed by atoms with E-state index in [0.29, 0.717) is 32.3 Å². The van der Waals surface area contributed by atoms with Crippen LogP contribution in [-0.4, -0.2) is 54.0 Å². The van der Waals surface area contributed by atoms with Gasteiger partial charge in [-0.15, -0.1) is 5.10 Å². The Balaban J connectivity index is 1.94. The van der Waals surface area contributed by atoms with Crippen LogP contribution in [-0.2, 0) is 25.5 Å². The van der Waals surface area contributed by atoms with Gasteiger partial charge in [0.1, 0.15) is 13.4 Å². The van der Waals surface area contributed by atoms with Crippen molar-refractivity contribution in [3.8, 4) is 0 Å². The highest BCUT2D eigenvalue weighted by Gasteiger charge is 2.06. The molecule has 0 aliphatic carbocycles. The van der Waals surface area contributed by atoms with Gasteiger partial charge in [-0.3, -0.25) is 4.79 Å². The Labute approximate surface area is 131 Å². The molecule has 1 heterocycles. The number of carbonyl (C=O) groups excluding carboxylic acids is 1. The summed E-state index contributed by atoms with van der Waals surface area (Å²) in [5.41, 5.74) is 0.976. The molecule has 0 aromatic carbocycles. The van der Waals surface area contributed by atoms with Crippen LogP contribution < -0.4 is 0 Å². The lowest BCUT2D eigenvalue weighted by Gasteiger charge is -2.07. The second-order valence-electron chi connectivity index (χ2n) is 5.67. The first-order valence-corrected chi connectivity index (χ1v) is 7.66. The van der Waals surface area contributed by atoms with Crippen LogP contribution in [0.3, 0.4) is 0 Å². The van der Waals surface area contributed by atoms with Crippen molar-refractivity contribution >= 4 is 5.78 Å². The molecule has 126 valence electrons. The minimum Gasteiger partial charge on any atom is -0.371 e. The maximum Gasteiger partial charge on any atom is 0.160 e. The molecule has 0 spiro atoms. The average Bonchev–Trinajstić information content (AvgIpc) is 2.94. The first kappa shape index (κ1) is 18.7. The van der Waals surface area contributed by atoms with Gasteiger partial charge in [0.15, 0.2) is 5.78 Å². The normalized spacial score (nSPS) is 11.5. The van der Waals surface area contributed by atoms with E-state index >= 15 is 0 Å². The molecular formula is C15H27N3O4. The summed E-state index contributed by atoms with van der Waals surface area (Å²) >= 11 is 0. The average molecular weight is 313 g/mol. The largest absolute Gasteiger partial charge is 0.371 e. The summed E-state index contributed by atoms with van der Waals surface area (Å²) in [6.07, 6.45) is 1.93. The maximum absolute atomic E-state index is 11.3.